The van der Waals surface area contributed by atoms with Crippen molar-refractivity contribution in [3.05, 3.63) is 59.5 Å². The predicted octanol–water partition coefficient (Wildman–Crippen LogP) is 3.95. The number of ether oxygens (including phenoxy) is 2. The number of amides is 1. The van der Waals surface area contributed by atoms with E-state index in [1.165, 1.54) is 26.4 Å². The molecule has 1 N–H and O–H groups in total. The summed E-state index contributed by atoms with van der Waals surface area (Å²) in [5.74, 6) is 0.293. The highest BCUT2D eigenvalue weighted by Gasteiger charge is 2.14. The first-order valence-corrected chi connectivity index (χ1v) is 7.62. The number of nitrogens with one attached hydrogen (secondary N) is 1. The largest absolute Gasteiger partial charge is 0.493 e. The minimum atomic E-state index is -0.418. The van der Waals surface area contributed by atoms with Gasteiger partial charge in [0.15, 0.2) is 11.5 Å². The molecule has 0 radical (unpaired) electrons. The van der Waals surface area contributed by atoms with Crippen molar-refractivity contribution in [1.82, 2.24) is 4.98 Å². The number of rotatable bonds is 4. The molecule has 0 aliphatic carbocycles. The molecule has 25 heavy (non-hydrogen) atoms. The Labute approximate surface area is 144 Å². The third-order valence-corrected chi connectivity index (χ3v) is 3.78. The second-order valence-electron chi connectivity index (χ2n) is 5.50. The molecule has 1 heterocycles. The summed E-state index contributed by atoms with van der Waals surface area (Å²) in [5, 5.41) is 3.26. The molecule has 6 heteroatoms. The number of benzene rings is 2. The highest BCUT2D eigenvalue weighted by atomic mass is 19.1. The normalized spacial score (nSPS) is 10.6. The lowest BCUT2D eigenvalue weighted by Crippen LogP contribution is -2.13. The van der Waals surface area contributed by atoms with E-state index in [9.17, 15) is 9.18 Å². The Morgan fingerprint density at radius 2 is 1.80 bits per heavy atom. The number of hydrogen-bond acceptors (Lipinski definition) is 4. The zero-order valence-corrected chi connectivity index (χ0v) is 14.1. The Morgan fingerprint density at radius 1 is 1.04 bits per heavy atom. The summed E-state index contributed by atoms with van der Waals surface area (Å²) in [6, 6.07) is 10.9. The van der Waals surface area contributed by atoms with Crippen molar-refractivity contribution in [1.29, 1.82) is 0 Å². The number of carbonyl (C=O) groups is 1. The molecule has 3 aromatic rings. The van der Waals surface area contributed by atoms with E-state index in [0.717, 1.165) is 0 Å². The average Bonchev–Trinajstić information content (AvgIpc) is 2.61. The van der Waals surface area contributed by atoms with Gasteiger partial charge in [0.05, 0.1) is 25.3 Å². The lowest BCUT2D eigenvalue weighted by atomic mass is 10.1. The molecule has 0 saturated carbocycles. The van der Waals surface area contributed by atoms with Crippen LogP contribution in [-0.4, -0.2) is 25.1 Å². The first-order chi connectivity index (χ1) is 12.0. The standard InChI is InChI=1S/C19H17FN2O3/c1-11-8-15(14-9-12(20)4-6-16(14)21-11)19(23)22-13-5-7-17(24-2)18(10-13)25-3/h4-10H,1-3H3,(H,22,23). The average molecular weight is 340 g/mol. The quantitative estimate of drug-likeness (QED) is 0.781. The van der Waals surface area contributed by atoms with Crippen molar-refractivity contribution in [3.8, 4) is 11.5 Å². The monoisotopic (exact) mass is 340 g/mol. The number of hydrogen-bond donors (Lipinski definition) is 1. The van der Waals surface area contributed by atoms with E-state index in [2.05, 4.69) is 10.3 Å². The first-order valence-electron chi connectivity index (χ1n) is 7.62. The van der Waals surface area contributed by atoms with Crippen LogP contribution in [0.2, 0.25) is 0 Å². The predicted molar refractivity (Wildman–Crippen MR) is 93.9 cm³/mol. The molecule has 5 nitrogen and oxygen atoms in total. The Kier molecular flexibility index (Phi) is 4.52. The highest BCUT2D eigenvalue weighted by Crippen LogP contribution is 2.30. The molecule has 0 unspecified atom stereocenters. The lowest BCUT2D eigenvalue weighted by Gasteiger charge is -2.12. The highest BCUT2D eigenvalue weighted by molar-refractivity contribution is 6.12. The van der Waals surface area contributed by atoms with Crippen LogP contribution in [0.5, 0.6) is 11.5 Å². The molecule has 0 spiro atoms. The minimum Gasteiger partial charge on any atom is -0.493 e. The molecule has 1 aromatic heterocycles. The maximum atomic E-state index is 13.6. The molecule has 0 atom stereocenters. The van der Waals surface area contributed by atoms with Crippen LogP contribution in [0, 0.1) is 12.7 Å². The third-order valence-electron chi connectivity index (χ3n) is 3.78. The minimum absolute atomic E-state index is 0.353. The van der Waals surface area contributed by atoms with Gasteiger partial charge in [0, 0.05) is 22.8 Å². The van der Waals surface area contributed by atoms with Gasteiger partial charge in [0.1, 0.15) is 5.82 Å². The fraction of sp³-hybridized carbons (Fsp3) is 0.158. The van der Waals surface area contributed by atoms with Crippen molar-refractivity contribution in [3.63, 3.8) is 0 Å². The summed E-state index contributed by atoms with van der Waals surface area (Å²) in [7, 11) is 3.06. The number of anilines is 1. The van der Waals surface area contributed by atoms with E-state index in [1.54, 1.807) is 37.3 Å². The van der Waals surface area contributed by atoms with Crippen LogP contribution in [0.3, 0.4) is 0 Å². The fourth-order valence-electron chi connectivity index (χ4n) is 2.63. The van der Waals surface area contributed by atoms with E-state index in [1.807, 2.05) is 0 Å². The van der Waals surface area contributed by atoms with Crippen molar-refractivity contribution in [2.24, 2.45) is 0 Å². The molecule has 0 aliphatic heterocycles. The van der Waals surface area contributed by atoms with Crippen molar-refractivity contribution in [2.45, 2.75) is 6.92 Å². The van der Waals surface area contributed by atoms with Gasteiger partial charge in [-0.25, -0.2) is 4.39 Å². The number of carbonyl (C=O) groups excluding carboxylic acids is 1. The number of fused-ring (bicyclic) bond motifs is 1. The van der Waals surface area contributed by atoms with E-state index < -0.39 is 5.82 Å². The molecule has 0 saturated heterocycles. The Balaban J connectivity index is 1.99. The molecule has 3 rings (SSSR count). The molecule has 1 amide bonds. The van der Waals surface area contributed by atoms with Crippen molar-refractivity contribution >= 4 is 22.5 Å². The van der Waals surface area contributed by atoms with E-state index in [-0.39, 0.29) is 5.91 Å². The molecule has 2 aromatic carbocycles. The molecule has 0 bridgehead atoms. The number of halogens is 1. The van der Waals surface area contributed by atoms with Crippen LogP contribution < -0.4 is 14.8 Å². The van der Waals surface area contributed by atoms with Gasteiger partial charge in [-0.05, 0) is 43.3 Å². The Hall–Kier alpha value is -3.15. The molecule has 0 fully saturated rings. The maximum absolute atomic E-state index is 13.6. The Bertz CT molecular complexity index is 957. The van der Waals surface area contributed by atoms with Crippen molar-refractivity contribution < 1.29 is 18.7 Å². The van der Waals surface area contributed by atoms with Gasteiger partial charge in [-0.2, -0.15) is 0 Å². The van der Waals surface area contributed by atoms with E-state index in [4.69, 9.17) is 9.47 Å². The maximum Gasteiger partial charge on any atom is 0.256 e. The summed E-state index contributed by atoms with van der Waals surface area (Å²) in [6.07, 6.45) is 0. The van der Waals surface area contributed by atoms with Crippen LogP contribution >= 0.6 is 0 Å². The summed E-state index contributed by atoms with van der Waals surface area (Å²) in [5.41, 5.74) is 2.15. The summed E-state index contributed by atoms with van der Waals surface area (Å²) < 4.78 is 24.0. The van der Waals surface area contributed by atoms with Gasteiger partial charge >= 0.3 is 0 Å². The number of pyridine rings is 1. The Morgan fingerprint density at radius 3 is 2.52 bits per heavy atom. The molecular weight excluding hydrogens is 323 g/mol. The summed E-state index contributed by atoms with van der Waals surface area (Å²) >= 11 is 0. The van der Waals surface area contributed by atoms with Gasteiger partial charge in [0.25, 0.3) is 5.91 Å². The smallest absolute Gasteiger partial charge is 0.256 e. The van der Waals surface area contributed by atoms with E-state index in [0.29, 0.717) is 39.3 Å². The van der Waals surface area contributed by atoms with Gasteiger partial charge in [0.2, 0.25) is 0 Å². The van der Waals surface area contributed by atoms with Gasteiger partial charge < -0.3 is 14.8 Å². The van der Waals surface area contributed by atoms with Crippen LogP contribution in [-0.2, 0) is 0 Å². The zero-order chi connectivity index (χ0) is 18.0. The van der Waals surface area contributed by atoms with Crippen LogP contribution in [0.1, 0.15) is 16.1 Å². The van der Waals surface area contributed by atoms with Crippen molar-refractivity contribution in [2.75, 3.05) is 19.5 Å². The number of aryl methyl sites for hydroxylation is 1. The summed E-state index contributed by atoms with van der Waals surface area (Å²) in [4.78, 5) is 17.0. The molecule has 0 aliphatic rings. The van der Waals surface area contributed by atoms with Gasteiger partial charge in [-0.15, -0.1) is 0 Å². The topological polar surface area (TPSA) is 60.5 Å². The fourth-order valence-corrected chi connectivity index (χ4v) is 2.63. The van der Waals surface area contributed by atoms with E-state index >= 15 is 0 Å². The van der Waals surface area contributed by atoms with Crippen LogP contribution in [0.4, 0.5) is 10.1 Å². The first kappa shape index (κ1) is 16.7. The number of methoxy groups -OCH3 is 2. The second-order valence-corrected chi connectivity index (χ2v) is 5.50. The van der Waals surface area contributed by atoms with Crippen LogP contribution in [0.25, 0.3) is 10.9 Å². The second kappa shape index (κ2) is 6.76. The van der Waals surface area contributed by atoms with Gasteiger partial charge in [-0.3, -0.25) is 9.78 Å². The third kappa shape index (κ3) is 3.38. The SMILES string of the molecule is COc1ccc(NC(=O)c2cc(C)nc3ccc(F)cc23)cc1OC. The molecular formula is C19H17FN2O3. The molecule has 128 valence electrons. The number of aromatic nitrogens is 1. The van der Waals surface area contributed by atoms with Gasteiger partial charge in [-0.1, -0.05) is 0 Å². The summed E-state index contributed by atoms with van der Waals surface area (Å²) in [6.45, 7) is 1.79. The van der Waals surface area contributed by atoms with Crippen LogP contribution in [0.15, 0.2) is 42.5 Å². The lowest BCUT2D eigenvalue weighted by molar-refractivity contribution is 0.102. The zero-order valence-electron chi connectivity index (χ0n) is 14.1. The number of nitrogens with zero attached hydrogens (tertiary/aromatic N) is 1.